The lowest BCUT2D eigenvalue weighted by Crippen LogP contribution is -2.50. The molecule has 0 aliphatic carbocycles. The van der Waals surface area contributed by atoms with Crippen molar-refractivity contribution >= 4 is 5.91 Å². The molecule has 1 aliphatic heterocycles. The first-order valence-corrected chi connectivity index (χ1v) is 4.80. The number of carbonyl (C=O) groups excluding carboxylic acids is 1. The number of carbonyl (C=O) groups is 1. The predicted octanol–water partition coefficient (Wildman–Crippen LogP) is 1.16. The molecule has 1 saturated heterocycles. The molecule has 0 aromatic carbocycles. The Morgan fingerprint density at radius 2 is 2.33 bits per heavy atom. The molecule has 1 atom stereocenters. The minimum absolute atomic E-state index is 0.182. The highest BCUT2D eigenvalue weighted by Crippen LogP contribution is 2.15. The lowest BCUT2D eigenvalue weighted by atomic mass is 9.98. The third-order valence-corrected chi connectivity index (χ3v) is 2.31. The lowest BCUT2D eigenvalue weighted by Gasteiger charge is -2.31. The van der Waals surface area contributed by atoms with Crippen LogP contribution in [-0.4, -0.2) is 24.0 Å². The number of hydrazine groups is 1. The molecule has 70 valence electrons. The molecule has 0 aromatic rings. The van der Waals surface area contributed by atoms with Crippen LogP contribution in [0.15, 0.2) is 0 Å². The number of hydrogen-bond acceptors (Lipinski definition) is 2. The molecule has 1 aliphatic rings. The number of amides is 1. The first kappa shape index (κ1) is 9.52. The molecule has 0 spiro atoms. The first-order valence-electron chi connectivity index (χ1n) is 4.80. The van der Waals surface area contributed by atoms with Gasteiger partial charge < -0.3 is 0 Å². The van der Waals surface area contributed by atoms with Gasteiger partial charge in [-0.2, -0.15) is 0 Å². The summed E-state index contributed by atoms with van der Waals surface area (Å²) in [6.07, 6.45) is 3.06. The van der Waals surface area contributed by atoms with Gasteiger partial charge in [0.25, 0.3) is 0 Å². The quantitative estimate of drug-likeness (QED) is 0.689. The number of nitrogens with zero attached hydrogens (tertiary/aromatic N) is 1. The summed E-state index contributed by atoms with van der Waals surface area (Å²) in [7, 11) is 0. The fourth-order valence-electron chi connectivity index (χ4n) is 1.72. The molecule has 1 rings (SSSR count). The van der Waals surface area contributed by atoms with Gasteiger partial charge in [0, 0.05) is 19.5 Å². The van der Waals surface area contributed by atoms with Crippen molar-refractivity contribution in [3.63, 3.8) is 0 Å². The molecule has 0 saturated carbocycles. The Kier molecular flexibility index (Phi) is 3.53. The summed E-state index contributed by atoms with van der Waals surface area (Å²) in [5.41, 5.74) is 2.85. The normalized spacial score (nSPS) is 25.5. The van der Waals surface area contributed by atoms with E-state index in [1.54, 1.807) is 0 Å². The fourth-order valence-corrected chi connectivity index (χ4v) is 1.72. The van der Waals surface area contributed by atoms with E-state index in [1.165, 1.54) is 12.8 Å². The SMILES string of the molecule is CCCC1CC(=O)NN(CC)C1. The van der Waals surface area contributed by atoms with Crippen molar-refractivity contribution in [1.82, 2.24) is 10.4 Å². The second kappa shape index (κ2) is 4.45. The number of hydrogen-bond donors (Lipinski definition) is 1. The number of nitrogens with one attached hydrogen (secondary N) is 1. The molecule has 0 aromatic heterocycles. The highest BCUT2D eigenvalue weighted by Gasteiger charge is 2.22. The van der Waals surface area contributed by atoms with E-state index in [9.17, 15) is 4.79 Å². The Balaban J connectivity index is 2.39. The maximum absolute atomic E-state index is 11.2. The third kappa shape index (κ3) is 2.48. The maximum atomic E-state index is 11.2. The van der Waals surface area contributed by atoms with Crippen LogP contribution in [0.1, 0.15) is 33.1 Å². The van der Waals surface area contributed by atoms with E-state index in [-0.39, 0.29) is 5.91 Å². The molecular formula is C9H18N2O. The lowest BCUT2D eigenvalue weighted by molar-refractivity contribution is -0.130. The Morgan fingerprint density at radius 3 is 2.92 bits per heavy atom. The van der Waals surface area contributed by atoms with Crippen LogP contribution in [-0.2, 0) is 4.79 Å². The molecule has 1 unspecified atom stereocenters. The van der Waals surface area contributed by atoms with Gasteiger partial charge in [-0.3, -0.25) is 10.2 Å². The molecule has 1 heterocycles. The van der Waals surface area contributed by atoms with E-state index < -0.39 is 0 Å². The van der Waals surface area contributed by atoms with Gasteiger partial charge in [-0.1, -0.05) is 20.3 Å². The zero-order valence-corrected chi connectivity index (χ0v) is 7.97. The second-order valence-corrected chi connectivity index (χ2v) is 3.43. The zero-order chi connectivity index (χ0) is 8.97. The molecular weight excluding hydrogens is 152 g/mol. The highest BCUT2D eigenvalue weighted by molar-refractivity contribution is 5.76. The minimum atomic E-state index is 0.182. The van der Waals surface area contributed by atoms with E-state index in [4.69, 9.17) is 0 Å². The van der Waals surface area contributed by atoms with E-state index in [0.29, 0.717) is 12.3 Å². The molecule has 0 bridgehead atoms. The molecule has 1 N–H and O–H groups in total. The summed E-state index contributed by atoms with van der Waals surface area (Å²) in [6, 6.07) is 0. The van der Waals surface area contributed by atoms with Crippen molar-refractivity contribution in [2.45, 2.75) is 33.1 Å². The second-order valence-electron chi connectivity index (χ2n) is 3.43. The van der Waals surface area contributed by atoms with Gasteiger partial charge in [0.1, 0.15) is 0 Å². The van der Waals surface area contributed by atoms with Crippen LogP contribution < -0.4 is 5.43 Å². The van der Waals surface area contributed by atoms with Gasteiger partial charge in [-0.25, -0.2) is 5.01 Å². The van der Waals surface area contributed by atoms with Crippen molar-refractivity contribution in [2.75, 3.05) is 13.1 Å². The fraction of sp³-hybridized carbons (Fsp3) is 0.889. The molecule has 12 heavy (non-hydrogen) atoms. The van der Waals surface area contributed by atoms with Crippen molar-refractivity contribution in [3.8, 4) is 0 Å². The standard InChI is InChI=1S/C9H18N2O/c1-3-5-8-6-9(12)10-11(4-2)7-8/h8H,3-7H2,1-2H3,(H,10,12). The van der Waals surface area contributed by atoms with Gasteiger partial charge in [0.15, 0.2) is 0 Å². The smallest absolute Gasteiger partial charge is 0.234 e. The summed E-state index contributed by atoms with van der Waals surface area (Å²) >= 11 is 0. The van der Waals surface area contributed by atoms with Crippen molar-refractivity contribution in [3.05, 3.63) is 0 Å². The van der Waals surface area contributed by atoms with Crippen LogP contribution >= 0.6 is 0 Å². The van der Waals surface area contributed by atoms with E-state index in [2.05, 4.69) is 19.3 Å². The largest absolute Gasteiger partial charge is 0.289 e. The van der Waals surface area contributed by atoms with Gasteiger partial charge in [0.05, 0.1) is 0 Å². The maximum Gasteiger partial charge on any atom is 0.234 e. The Labute approximate surface area is 74.1 Å². The van der Waals surface area contributed by atoms with Crippen LogP contribution in [0.5, 0.6) is 0 Å². The van der Waals surface area contributed by atoms with Crippen LogP contribution in [0.4, 0.5) is 0 Å². The van der Waals surface area contributed by atoms with Crippen molar-refractivity contribution in [1.29, 1.82) is 0 Å². The number of rotatable bonds is 3. The summed E-state index contributed by atoms with van der Waals surface area (Å²) in [6.45, 7) is 6.17. The molecule has 0 radical (unpaired) electrons. The van der Waals surface area contributed by atoms with Crippen LogP contribution in [0.2, 0.25) is 0 Å². The summed E-state index contributed by atoms with van der Waals surface area (Å²) in [4.78, 5) is 11.2. The molecule has 3 heteroatoms. The van der Waals surface area contributed by atoms with Crippen LogP contribution in [0.25, 0.3) is 0 Å². The average Bonchev–Trinajstić information content (AvgIpc) is 2.04. The highest BCUT2D eigenvalue weighted by atomic mass is 16.2. The third-order valence-electron chi connectivity index (χ3n) is 2.31. The summed E-state index contributed by atoms with van der Waals surface area (Å²) < 4.78 is 0. The van der Waals surface area contributed by atoms with Crippen LogP contribution in [0.3, 0.4) is 0 Å². The average molecular weight is 170 g/mol. The topological polar surface area (TPSA) is 32.3 Å². The molecule has 3 nitrogen and oxygen atoms in total. The summed E-state index contributed by atoms with van der Waals surface area (Å²) in [5.74, 6) is 0.755. The molecule has 1 amide bonds. The zero-order valence-electron chi connectivity index (χ0n) is 7.97. The molecule has 1 fully saturated rings. The Bertz CT molecular complexity index is 159. The van der Waals surface area contributed by atoms with Gasteiger partial charge in [-0.05, 0) is 12.3 Å². The van der Waals surface area contributed by atoms with Gasteiger partial charge in [0.2, 0.25) is 5.91 Å². The van der Waals surface area contributed by atoms with Crippen molar-refractivity contribution in [2.24, 2.45) is 5.92 Å². The van der Waals surface area contributed by atoms with Crippen LogP contribution in [0, 0.1) is 5.92 Å². The predicted molar refractivity (Wildman–Crippen MR) is 48.4 cm³/mol. The first-order chi connectivity index (χ1) is 5.76. The van der Waals surface area contributed by atoms with E-state index >= 15 is 0 Å². The minimum Gasteiger partial charge on any atom is -0.289 e. The summed E-state index contributed by atoms with van der Waals surface area (Å²) in [5, 5.41) is 2.01. The van der Waals surface area contributed by atoms with E-state index in [0.717, 1.165) is 13.1 Å². The monoisotopic (exact) mass is 170 g/mol. The van der Waals surface area contributed by atoms with Gasteiger partial charge in [-0.15, -0.1) is 0 Å². The van der Waals surface area contributed by atoms with E-state index in [1.807, 2.05) is 5.01 Å². The Morgan fingerprint density at radius 1 is 1.58 bits per heavy atom. The Hall–Kier alpha value is -0.570. The van der Waals surface area contributed by atoms with Gasteiger partial charge >= 0.3 is 0 Å². The van der Waals surface area contributed by atoms with Crippen molar-refractivity contribution < 1.29 is 4.79 Å².